The molecule has 1 aromatic rings. The molecule has 0 bridgehead atoms. The van der Waals surface area contributed by atoms with Crippen LogP contribution in [0.5, 0.6) is 0 Å². The molecule has 2 heterocycles. The van der Waals surface area contributed by atoms with E-state index >= 15 is 0 Å². The Morgan fingerprint density at radius 3 is 2.37 bits per heavy atom. The van der Waals surface area contributed by atoms with Crippen molar-refractivity contribution in [3.63, 3.8) is 0 Å². The molecular formula is C10H13ClF3N3OS. The van der Waals surface area contributed by atoms with Gasteiger partial charge in [0.15, 0.2) is 5.13 Å². The van der Waals surface area contributed by atoms with Crippen LogP contribution in [0.25, 0.3) is 0 Å². The summed E-state index contributed by atoms with van der Waals surface area (Å²) >= 11 is 7.11. The van der Waals surface area contributed by atoms with Crippen molar-refractivity contribution in [3.05, 3.63) is 10.0 Å². The molecule has 4 nitrogen and oxygen atoms in total. The van der Waals surface area contributed by atoms with Gasteiger partial charge in [-0.2, -0.15) is 13.2 Å². The molecule has 9 heteroatoms. The molecule has 108 valence electrons. The number of aliphatic hydroxyl groups excluding tert-OH is 1. The zero-order valence-corrected chi connectivity index (χ0v) is 11.5. The van der Waals surface area contributed by atoms with E-state index in [-0.39, 0.29) is 11.8 Å². The number of aliphatic hydroxyl groups is 1. The molecule has 19 heavy (non-hydrogen) atoms. The Morgan fingerprint density at radius 1 is 1.26 bits per heavy atom. The molecule has 0 aromatic carbocycles. The van der Waals surface area contributed by atoms with E-state index in [2.05, 4.69) is 4.98 Å². The first-order valence-electron chi connectivity index (χ1n) is 5.69. The lowest BCUT2D eigenvalue weighted by molar-refractivity contribution is -0.146. The Hall–Kier alpha value is -0.570. The summed E-state index contributed by atoms with van der Waals surface area (Å²) in [4.78, 5) is 7.96. The van der Waals surface area contributed by atoms with Gasteiger partial charge in [-0.25, -0.2) is 4.98 Å². The summed E-state index contributed by atoms with van der Waals surface area (Å²) < 4.78 is 36.8. The Balaban J connectivity index is 1.92. The van der Waals surface area contributed by atoms with Gasteiger partial charge in [0.2, 0.25) is 0 Å². The third kappa shape index (κ3) is 3.95. The number of thiazole rings is 1. The lowest BCUT2D eigenvalue weighted by Gasteiger charge is -2.34. The first-order valence-corrected chi connectivity index (χ1v) is 6.88. The Kier molecular flexibility index (Phi) is 4.54. The minimum atomic E-state index is -4.16. The van der Waals surface area contributed by atoms with Crippen molar-refractivity contribution in [2.75, 3.05) is 37.6 Å². The SMILES string of the molecule is OCc1sc(N2CCN(CC(F)(F)F)CC2)nc1Cl. The molecule has 0 unspecified atom stereocenters. The molecule has 0 aliphatic carbocycles. The molecule has 0 saturated carbocycles. The van der Waals surface area contributed by atoms with Gasteiger partial charge in [0, 0.05) is 26.2 Å². The highest BCUT2D eigenvalue weighted by Crippen LogP contribution is 2.30. The van der Waals surface area contributed by atoms with Crippen LogP contribution in [-0.2, 0) is 6.61 Å². The lowest BCUT2D eigenvalue weighted by Crippen LogP contribution is -2.49. The van der Waals surface area contributed by atoms with E-state index in [0.717, 1.165) is 0 Å². The minimum absolute atomic E-state index is 0.176. The fraction of sp³-hybridized carbons (Fsp3) is 0.700. The maximum Gasteiger partial charge on any atom is 0.401 e. The van der Waals surface area contributed by atoms with E-state index < -0.39 is 12.7 Å². The Labute approximate surface area is 117 Å². The van der Waals surface area contributed by atoms with E-state index in [1.54, 1.807) is 0 Å². The second-order valence-corrected chi connectivity index (χ2v) is 5.67. The zero-order chi connectivity index (χ0) is 14.0. The normalized spacial score (nSPS) is 18.1. The second kappa shape index (κ2) is 5.82. The van der Waals surface area contributed by atoms with Gasteiger partial charge in [-0.3, -0.25) is 4.90 Å². The van der Waals surface area contributed by atoms with Gasteiger partial charge in [-0.15, -0.1) is 0 Å². The summed E-state index contributed by atoms with van der Waals surface area (Å²) in [5.41, 5.74) is 0. The van der Waals surface area contributed by atoms with Crippen LogP contribution in [0.15, 0.2) is 0 Å². The molecule has 1 N–H and O–H groups in total. The molecule has 1 saturated heterocycles. The fourth-order valence-electron chi connectivity index (χ4n) is 1.91. The number of rotatable bonds is 3. The van der Waals surface area contributed by atoms with Crippen LogP contribution in [0, 0.1) is 0 Å². The number of aromatic nitrogens is 1. The quantitative estimate of drug-likeness (QED) is 0.926. The molecule has 0 radical (unpaired) electrons. The van der Waals surface area contributed by atoms with Gasteiger partial charge in [0.1, 0.15) is 5.15 Å². The molecule has 1 aliphatic rings. The summed E-state index contributed by atoms with van der Waals surface area (Å²) in [6, 6.07) is 0. The first-order chi connectivity index (χ1) is 8.89. The van der Waals surface area contributed by atoms with Crippen LogP contribution in [0.2, 0.25) is 5.15 Å². The molecule has 0 amide bonds. The standard InChI is InChI=1S/C10H13ClF3N3OS/c11-8-7(5-18)19-9(15-8)17-3-1-16(2-4-17)6-10(12,13)14/h18H,1-6H2. The predicted octanol–water partition coefficient (Wildman–Crippen LogP) is 1.97. The summed E-state index contributed by atoms with van der Waals surface area (Å²) in [5.74, 6) is 0. The molecule has 0 spiro atoms. The smallest absolute Gasteiger partial charge is 0.391 e. The van der Waals surface area contributed by atoms with Crippen LogP contribution < -0.4 is 4.90 Å². The number of anilines is 1. The zero-order valence-electron chi connectivity index (χ0n) is 9.95. The molecular weight excluding hydrogens is 303 g/mol. The van der Waals surface area contributed by atoms with Gasteiger partial charge in [0.05, 0.1) is 18.0 Å². The number of hydrogen-bond acceptors (Lipinski definition) is 5. The van der Waals surface area contributed by atoms with E-state index in [4.69, 9.17) is 16.7 Å². The number of alkyl halides is 3. The number of nitrogens with zero attached hydrogens (tertiary/aromatic N) is 3. The van der Waals surface area contributed by atoms with Crippen molar-refractivity contribution in [1.82, 2.24) is 9.88 Å². The lowest BCUT2D eigenvalue weighted by atomic mass is 10.3. The van der Waals surface area contributed by atoms with Crippen molar-refractivity contribution in [2.24, 2.45) is 0 Å². The average Bonchev–Trinajstić information content (AvgIpc) is 2.69. The summed E-state index contributed by atoms with van der Waals surface area (Å²) in [7, 11) is 0. The van der Waals surface area contributed by atoms with Gasteiger partial charge >= 0.3 is 6.18 Å². The maximum atomic E-state index is 12.3. The van der Waals surface area contributed by atoms with E-state index in [0.29, 0.717) is 36.2 Å². The van der Waals surface area contributed by atoms with Crippen LogP contribution in [0.3, 0.4) is 0 Å². The van der Waals surface area contributed by atoms with Crippen LogP contribution in [0.1, 0.15) is 4.88 Å². The summed E-state index contributed by atoms with van der Waals surface area (Å²) in [5, 5.41) is 9.95. The van der Waals surface area contributed by atoms with Crippen LogP contribution in [-0.4, -0.2) is 53.9 Å². The van der Waals surface area contributed by atoms with Crippen LogP contribution >= 0.6 is 22.9 Å². The van der Waals surface area contributed by atoms with Crippen molar-refractivity contribution < 1.29 is 18.3 Å². The fourth-order valence-corrected chi connectivity index (χ4v) is 3.07. The van der Waals surface area contributed by atoms with E-state index in [1.165, 1.54) is 16.2 Å². The van der Waals surface area contributed by atoms with E-state index in [1.807, 2.05) is 4.90 Å². The molecule has 2 rings (SSSR count). The second-order valence-electron chi connectivity index (χ2n) is 4.25. The van der Waals surface area contributed by atoms with Crippen LogP contribution in [0.4, 0.5) is 18.3 Å². The van der Waals surface area contributed by atoms with E-state index in [9.17, 15) is 13.2 Å². The van der Waals surface area contributed by atoms with Gasteiger partial charge in [0.25, 0.3) is 0 Å². The van der Waals surface area contributed by atoms with Crippen molar-refractivity contribution in [2.45, 2.75) is 12.8 Å². The highest BCUT2D eigenvalue weighted by Gasteiger charge is 2.32. The summed E-state index contributed by atoms with van der Waals surface area (Å²) in [6.07, 6.45) is -4.16. The topological polar surface area (TPSA) is 39.6 Å². The Morgan fingerprint density at radius 2 is 1.89 bits per heavy atom. The molecule has 1 aliphatic heterocycles. The number of halogens is 4. The number of hydrogen-bond donors (Lipinski definition) is 1. The average molecular weight is 316 g/mol. The number of piperazine rings is 1. The third-order valence-electron chi connectivity index (χ3n) is 2.83. The molecule has 1 aromatic heterocycles. The minimum Gasteiger partial charge on any atom is -0.391 e. The monoisotopic (exact) mass is 315 g/mol. The maximum absolute atomic E-state index is 12.3. The largest absolute Gasteiger partial charge is 0.401 e. The van der Waals surface area contributed by atoms with Crippen molar-refractivity contribution in [1.29, 1.82) is 0 Å². The van der Waals surface area contributed by atoms with Gasteiger partial charge in [-0.05, 0) is 0 Å². The predicted molar refractivity (Wildman–Crippen MR) is 67.8 cm³/mol. The van der Waals surface area contributed by atoms with Gasteiger partial charge in [-0.1, -0.05) is 22.9 Å². The Bertz CT molecular complexity index is 432. The summed E-state index contributed by atoms with van der Waals surface area (Å²) in [6.45, 7) is 0.581. The van der Waals surface area contributed by atoms with Crippen molar-refractivity contribution >= 4 is 28.1 Å². The first kappa shape index (κ1) is 14.8. The molecule has 1 fully saturated rings. The van der Waals surface area contributed by atoms with Gasteiger partial charge < -0.3 is 10.0 Å². The van der Waals surface area contributed by atoms with Crippen molar-refractivity contribution in [3.8, 4) is 0 Å². The molecule has 0 atom stereocenters. The third-order valence-corrected chi connectivity index (χ3v) is 4.35. The highest BCUT2D eigenvalue weighted by molar-refractivity contribution is 7.16. The highest BCUT2D eigenvalue weighted by atomic mass is 35.5.